The fourth-order valence-electron chi connectivity index (χ4n) is 1.71. The summed E-state index contributed by atoms with van der Waals surface area (Å²) >= 11 is 0.558. The van der Waals surface area contributed by atoms with E-state index in [9.17, 15) is 26.0 Å². The maximum atomic E-state index is 13.2. The Hall–Kier alpha value is -1.96. The molecule has 0 amide bonds. The van der Waals surface area contributed by atoms with Crippen LogP contribution in [0.1, 0.15) is 11.6 Å². The lowest BCUT2D eigenvalue weighted by atomic mass is 10.1. The highest BCUT2D eigenvalue weighted by Crippen LogP contribution is 2.35. The van der Waals surface area contributed by atoms with E-state index in [4.69, 9.17) is 6.57 Å². The molecule has 2 rings (SSSR count). The minimum Gasteiger partial charge on any atom is -0.227 e. The van der Waals surface area contributed by atoms with E-state index in [-0.39, 0.29) is 5.00 Å². The Kier molecular flexibility index (Phi) is 4.74. The van der Waals surface area contributed by atoms with Gasteiger partial charge >= 0.3 is 6.18 Å². The Labute approximate surface area is 133 Å². The van der Waals surface area contributed by atoms with E-state index in [2.05, 4.69) is 4.85 Å². The maximum absolute atomic E-state index is 13.2. The molecule has 0 saturated carbocycles. The van der Waals surface area contributed by atoms with Crippen molar-refractivity contribution >= 4 is 26.4 Å². The molecule has 10 heteroatoms. The zero-order chi connectivity index (χ0) is 17.3. The Morgan fingerprint density at radius 3 is 2.22 bits per heavy atom. The quantitative estimate of drug-likeness (QED) is 0.658. The van der Waals surface area contributed by atoms with Crippen molar-refractivity contribution in [3.63, 3.8) is 0 Å². The van der Waals surface area contributed by atoms with E-state index in [1.165, 1.54) is 6.07 Å². The molecule has 1 heterocycles. The molecule has 1 N–H and O–H groups in total. The van der Waals surface area contributed by atoms with Crippen LogP contribution in [0.2, 0.25) is 0 Å². The number of alkyl halides is 3. The molecule has 4 nitrogen and oxygen atoms in total. The summed E-state index contributed by atoms with van der Waals surface area (Å²) in [5, 5.41) is 0.0377. The molecule has 0 aliphatic rings. The molecule has 23 heavy (non-hydrogen) atoms. The molecular weight excluding hydrogens is 356 g/mol. The number of halogens is 4. The Balaban J connectivity index is 2.38. The highest BCUT2D eigenvalue weighted by Gasteiger charge is 2.43. The third-order valence-corrected chi connectivity index (χ3v) is 5.64. The van der Waals surface area contributed by atoms with E-state index >= 15 is 0 Å². The summed E-state index contributed by atoms with van der Waals surface area (Å²) in [5.41, 5.74) is -0.440. The number of hydrogen-bond acceptors (Lipinski definition) is 3. The molecule has 122 valence electrons. The Bertz CT molecular complexity index is 836. The van der Waals surface area contributed by atoms with Crippen LogP contribution in [0.4, 0.5) is 22.6 Å². The maximum Gasteiger partial charge on any atom is 0.408 e. The lowest BCUT2D eigenvalue weighted by Crippen LogP contribution is -2.37. The van der Waals surface area contributed by atoms with Crippen LogP contribution >= 0.6 is 11.3 Å². The van der Waals surface area contributed by atoms with Crippen LogP contribution in [0, 0.1) is 12.4 Å². The van der Waals surface area contributed by atoms with Crippen molar-refractivity contribution in [1.82, 2.24) is 4.72 Å². The molecule has 0 aliphatic carbocycles. The zero-order valence-electron chi connectivity index (χ0n) is 11.1. The van der Waals surface area contributed by atoms with Gasteiger partial charge in [-0.05, 0) is 29.8 Å². The van der Waals surface area contributed by atoms with Crippen molar-refractivity contribution in [3.8, 4) is 0 Å². The van der Waals surface area contributed by atoms with Crippen LogP contribution in [0.5, 0.6) is 0 Å². The van der Waals surface area contributed by atoms with Crippen LogP contribution in [0.3, 0.4) is 0 Å². The molecule has 1 aromatic carbocycles. The third kappa shape index (κ3) is 4.07. The number of benzene rings is 1. The summed E-state index contributed by atoms with van der Waals surface area (Å²) in [7, 11) is -4.48. The van der Waals surface area contributed by atoms with Gasteiger partial charge in [0, 0.05) is 0 Å². The van der Waals surface area contributed by atoms with E-state index in [0.29, 0.717) is 11.3 Å². The van der Waals surface area contributed by atoms with Gasteiger partial charge in [-0.1, -0.05) is 12.1 Å². The van der Waals surface area contributed by atoms with Crippen molar-refractivity contribution in [3.05, 3.63) is 59.2 Å². The molecule has 1 atom stereocenters. The number of rotatable bonds is 4. The van der Waals surface area contributed by atoms with Crippen LogP contribution in [0.25, 0.3) is 4.85 Å². The monoisotopic (exact) mass is 364 g/mol. The molecule has 0 radical (unpaired) electrons. The minimum atomic E-state index is -4.91. The van der Waals surface area contributed by atoms with Gasteiger partial charge in [0.2, 0.25) is 15.0 Å². The van der Waals surface area contributed by atoms with E-state index < -0.39 is 37.8 Å². The first-order valence-corrected chi connectivity index (χ1v) is 8.25. The van der Waals surface area contributed by atoms with Crippen molar-refractivity contribution < 1.29 is 26.0 Å². The van der Waals surface area contributed by atoms with Gasteiger partial charge < -0.3 is 0 Å². The van der Waals surface area contributed by atoms with E-state index in [0.717, 1.165) is 30.3 Å². The van der Waals surface area contributed by atoms with Crippen molar-refractivity contribution in [1.29, 1.82) is 0 Å². The second-order valence-electron chi connectivity index (χ2n) is 4.35. The van der Waals surface area contributed by atoms with Gasteiger partial charge in [0.15, 0.2) is 0 Å². The standard InChI is InChI=1S/C13H8F4N2O2S2/c1-18-10-6-7-11(22-10)23(20,21)19-12(13(15,16)17)8-2-4-9(14)5-3-8/h2-7,12,19H. The predicted octanol–water partition coefficient (Wildman–Crippen LogP) is 4.02. The summed E-state index contributed by atoms with van der Waals surface area (Å²) in [6.45, 7) is 6.76. The fourth-order valence-corrected chi connectivity index (χ4v) is 4.01. The van der Waals surface area contributed by atoms with Gasteiger partial charge in [0.1, 0.15) is 16.1 Å². The van der Waals surface area contributed by atoms with E-state index in [1.807, 2.05) is 0 Å². The number of thiophene rings is 1. The first-order chi connectivity index (χ1) is 10.6. The van der Waals surface area contributed by atoms with Crippen LogP contribution < -0.4 is 4.72 Å². The lowest BCUT2D eigenvalue weighted by Gasteiger charge is -2.21. The topological polar surface area (TPSA) is 50.5 Å². The largest absolute Gasteiger partial charge is 0.408 e. The Morgan fingerprint density at radius 1 is 1.13 bits per heavy atom. The average molecular weight is 364 g/mol. The molecule has 0 saturated heterocycles. The predicted molar refractivity (Wildman–Crippen MR) is 76.1 cm³/mol. The number of nitrogens with one attached hydrogen (secondary N) is 1. The van der Waals surface area contributed by atoms with Gasteiger partial charge in [0.05, 0.1) is 6.57 Å². The summed E-state index contributed by atoms with van der Waals surface area (Å²) < 4.78 is 77.6. The SMILES string of the molecule is [C-]#[N+]c1ccc(S(=O)(=O)NC(c2ccc(F)cc2)C(F)(F)F)s1. The average Bonchev–Trinajstić information content (AvgIpc) is 2.95. The first-order valence-electron chi connectivity index (χ1n) is 5.95. The number of nitrogens with zero attached hydrogens (tertiary/aromatic N) is 1. The Morgan fingerprint density at radius 2 is 1.74 bits per heavy atom. The van der Waals surface area contributed by atoms with E-state index in [1.54, 1.807) is 4.72 Å². The first kappa shape index (κ1) is 17.4. The van der Waals surface area contributed by atoms with Crippen LogP contribution in [-0.4, -0.2) is 14.6 Å². The molecule has 0 spiro atoms. The van der Waals surface area contributed by atoms with Gasteiger partial charge in [0.25, 0.3) is 0 Å². The fraction of sp³-hybridized carbons (Fsp3) is 0.154. The summed E-state index contributed by atoms with van der Waals surface area (Å²) in [6, 6.07) is 3.07. The normalized spacial score (nSPS) is 13.5. The summed E-state index contributed by atoms with van der Waals surface area (Å²) in [5.74, 6) is -0.738. The highest BCUT2D eigenvalue weighted by atomic mass is 32.2. The van der Waals surface area contributed by atoms with Crippen LogP contribution in [0.15, 0.2) is 40.6 Å². The van der Waals surface area contributed by atoms with Crippen molar-refractivity contribution in [2.75, 3.05) is 0 Å². The van der Waals surface area contributed by atoms with Crippen LogP contribution in [-0.2, 0) is 10.0 Å². The number of sulfonamides is 1. The number of hydrogen-bond donors (Lipinski definition) is 1. The van der Waals surface area contributed by atoms with Crippen molar-refractivity contribution in [2.24, 2.45) is 0 Å². The molecule has 0 bridgehead atoms. The van der Waals surface area contributed by atoms with Crippen molar-refractivity contribution in [2.45, 2.75) is 16.4 Å². The van der Waals surface area contributed by atoms with Gasteiger partial charge in [-0.15, -0.1) is 11.3 Å². The molecule has 0 fully saturated rings. The second kappa shape index (κ2) is 6.27. The molecule has 1 unspecified atom stereocenters. The molecular formula is C13H8F4N2O2S2. The minimum absolute atomic E-state index is 0.0377. The molecule has 0 aliphatic heterocycles. The lowest BCUT2D eigenvalue weighted by molar-refractivity contribution is -0.153. The summed E-state index contributed by atoms with van der Waals surface area (Å²) in [4.78, 5) is 3.01. The highest BCUT2D eigenvalue weighted by molar-refractivity contribution is 7.91. The second-order valence-corrected chi connectivity index (χ2v) is 7.35. The molecule has 1 aromatic heterocycles. The summed E-state index contributed by atoms with van der Waals surface area (Å²) in [6.07, 6.45) is -4.91. The van der Waals surface area contributed by atoms with Gasteiger partial charge in [-0.3, -0.25) is 0 Å². The van der Waals surface area contributed by atoms with Gasteiger partial charge in [-0.2, -0.15) is 17.9 Å². The van der Waals surface area contributed by atoms with Gasteiger partial charge in [-0.25, -0.2) is 17.7 Å². The molecule has 2 aromatic rings. The smallest absolute Gasteiger partial charge is 0.227 e. The zero-order valence-corrected chi connectivity index (χ0v) is 12.8. The third-order valence-electron chi connectivity index (χ3n) is 2.75.